The second-order valence-electron chi connectivity index (χ2n) is 6.23. The van der Waals surface area contributed by atoms with Crippen LogP contribution in [0.4, 0.5) is 17.2 Å². The molecule has 3 aromatic rings. The number of aryl methyl sites for hydroxylation is 2. The van der Waals surface area contributed by atoms with E-state index >= 15 is 0 Å². The van der Waals surface area contributed by atoms with E-state index in [9.17, 15) is 4.79 Å². The average Bonchev–Trinajstić information content (AvgIpc) is 2.71. The number of nitrogens with one attached hydrogen (secondary N) is 2. The largest absolute Gasteiger partial charge is 0.497 e. The maximum absolute atomic E-state index is 12.4. The monoisotopic (exact) mass is 378 g/mol. The molecule has 0 aliphatic heterocycles. The van der Waals surface area contributed by atoms with Crippen LogP contribution in [0.25, 0.3) is 0 Å². The maximum Gasteiger partial charge on any atom is 0.275 e. The zero-order valence-corrected chi connectivity index (χ0v) is 16.2. The topological polar surface area (TPSA) is 85.4 Å². The van der Waals surface area contributed by atoms with E-state index < -0.39 is 0 Å². The molecular formula is C21H22N4O3. The predicted octanol–water partition coefficient (Wildman–Crippen LogP) is 4.11. The lowest BCUT2D eigenvalue weighted by atomic mass is 10.1. The number of carbonyl (C=O) groups is 1. The first-order valence-corrected chi connectivity index (χ1v) is 8.70. The summed E-state index contributed by atoms with van der Waals surface area (Å²) in [5, 5.41) is 5.95. The molecule has 3 rings (SSSR count). The molecule has 0 spiro atoms. The molecule has 0 fully saturated rings. The predicted molar refractivity (Wildman–Crippen MR) is 109 cm³/mol. The first kappa shape index (κ1) is 19.2. The summed E-state index contributed by atoms with van der Waals surface area (Å²) in [5.74, 6) is 1.48. The lowest BCUT2D eigenvalue weighted by Gasteiger charge is -2.12. The fraction of sp³-hybridized carbons (Fsp3) is 0.190. The van der Waals surface area contributed by atoms with Crippen LogP contribution in [0.5, 0.6) is 11.5 Å². The molecule has 0 atom stereocenters. The molecular weight excluding hydrogens is 356 g/mol. The van der Waals surface area contributed by atoms with Gasteiger partial charge in [-0.1, -0.05) is 6.07 Å². The van der Waals surface area contributed by atoms with E-state index in [0.29, 0.717) is 23.0 Å². The van der Waals surface area contributed by atoms with E-state index in [1.165, 1.54) is 18.0 Å². The molecule has 144 valence electrons. The molecule has 28 heavy (non-hydrogen) atoms. The van der Waals surface area contributed by atoms with Crippen LogP contribution in [0, 0.1) is 13.8 Å². The van der Waals surface area contributed by atoms with E-state index in [1.54, 1.807) is 32.4 Å². The van der Waals surface area contributed by atoms with Crippen LogP contribution >= 0.6 is 0 Å². The number of nitrogens with zero attached hydrogens (tertiary/aromatic N) is 2. The maximum atomic E-state index is 12.4. The second-order valence-corrected chi connectivity index (χ2v) is 6.23. The van der Waals surface area contributed by atoms with Crippen molar-refractivity contribution < 1.29 is 14.3 Å². The molecule has 1 aromatic heterocycles. The van der Waals surface area contributed by atoms with Crippen molar-refractivity contribution in [1.82, 2.24) is 9.97 Å². The van der Waals surface area contributed by atoms with E-state index in [-0.39, 0.29) is 11.6 Å². The lowest BCUT2D eigenvalue weighted by molar-refractivity contribution is 0.102. The molecule has 0 bridgehead atoms. The zero-order chi connectivity index (χ0) is 20.1. The summed E-state index contributed by atoms with van der Waals surface area (Å²) in [6, 6.07) is 11.1. The number of methoxy groups -OCH3 is 2. The van der Waals surface area contributed by atoms with Crippen molar-refractivity contribution >= 4 is 23.1 Å². The summed E-state index contributed by atoms with van der Waals surface area (Å²) in [5.41, 5.74) is 3.90. The van der Waals surface area contributed by atoms with Crippen molar-refractivity contribution in [3.05, 3.63) is 65.6 Å². The molecule has 2 aromatic carbocycles. The fourth-order valence-electron chi connectivity index (χ4n) is 2.57. The highest BCUT2D eigenvalue weighted by Crippen LogP contribution is 2.30. The molecule has 1 amide bonds. The number of benzene rings is 2. The van der Waals surface area contributed by atoms with Gasteiger partial charge in [-0.3, -0.25) is 4.79 Å². The average molecular weight is 378 g/mol. The molecule has 7 nitrogen and oxygen atoms in total. The van der Waals surface area contributed by atoms with E-state index in [2.05, 4.69) is 20.6 Å². The number of rotatable bonds is 6. The van der Waals surface area contributed by atoms with Gasteiger partial charge in [0.15, 0.2) is 0 Å². The molecule has 0 saturated heterocycles. The first-order valence-electron chi connectivity index (χ1n) is 8.70. The van der Waals surface area contributed by atoms with Gasteiger partial charge >= 0.3 is 0 Å². The van der Waals surface area contributed by atoms with Crippen molar-refractivity contribution in [3.8, 4) is 11.5 Å². The highest BCUT2D eigenvalue weighted by molar-refractivity contribution is 6.02. The van der Waals surface area contributed by atoms with Crippen LogP contribution in [0.15, 0.2) is 48.8 Å². The standard InChI is InChI=1S/C21H22N4O3/c1-13-5-6-15(9-14(13)2)24-21(26)18-11-23-20(12-22-18)25-17-10-16(27-3)7-8-19(17)28-4/h5-12H,1-4H3,(H,23,25)(H,24,26). The molecule has 0 saturated carbocycles. The SMILES string of the molecule is COc1ccc(OC)c(Nc2cnc(C(=O)Nc3ccc(C)c(C)c3)cn2)c1. The van der Waals surface area contributed by atoms with Crippen molar-refractivity contribution in [2.75, 3.05) is 24.9 Å². The van der Waals surface area contributed by atoms with Gasteiger partial charge in [-0.15, -0.1) is 0 Å². The number of anilines is 3. The minimum atomic E-state index is -0.318. The van der Waals surface area contributed by atoms with Gasteiger partial charge in [0.25, 0.3) is 5.91 Å². The van der Waals surface area contributed by atoms with Gasteiger partial charge in [-0.25, -0.2) is 9.97 Å². The number of carbonyl (C=O) groups excluding carboxylic acids is 1. The third-order valence-electron chi connectivity index (χ3n) is 4.32. The first-order chi connectivity index (χ1) is 13.5. The molecule has 1 heterocycles. The molecule has 0 unspecified atom stereocenters. The molecule has 0 aliphatic carbocycles. The fourth-order valence-corrected chi connectivity index (χ4v) is 2.57. The van der Waals surface area contributed by atoms with Gasteiger partial charge < -0.3 is 20.1 Å². The van der Waals surface area contributed by atoms with Gasteiger partial charge in [-0.05, 0) is 49.2 Å². The Hall–Kier alpha value is -3.61. The van der Waals surface area contributed by atoms with Crippen LogP contribution in [-0.4, -0.2) is 30.1 Å². The Kier molecular flexibility index (Phi) is 5.74. The van der Waals surface area contributed by atoms with Gasteiger partial charge in [0.05, 0.1) is 32.3 Å². The zero-order valence-electron chi connectivity index (χ0n) is 16.2. The van der Waals surface area contributed by atoms with Crippen molar-refractivity contribution in [1.29, 1.82) is 0 Å². The number of ether oxygens (including phenoxy) is 2. The second kappa shape index (κ2) is 8.39. The Labute approximate surface area is 163 Å². The summed E-state index contributed by atoms with van der Waals surface area (Å²) >= 11 is 0. The Morgan fingerprint density at radius 3 is 2.39 bits per heavy atom. The third kappa shape index (κ3) is 4.37. The van der Waals surface area contributed by atoms with Gasteiger partial charge in [-0.2, -0.15) is 0 Å². The van der Waals surface area contributed by atoms with E-state index in [0.717, 1.165) is 11.3 Å². The summed E-state index contributed by atoms with van der Waals surface area (Å²) in [7, 11) is 3.17. The Morgan fingerprint density at radius 1 is 0.929 bits per heavy atom. The number of hydrogen-bond donors (Lipinski definition) is 2. The molecule has 0 radical (unpaired) electrons. The Balaban J connectivity index is 1.72. The summed E-state index contributed by atoms with van der Waals surface area (Å²) in [4.78, 5) is 20.9. The van der Waals surface area contributed by atoms with Crippen molar-refractivity contribution in [2.24, 2.45) is 0 Å². The van der Waals surface area contributed by atoms with E-state index in [1.807, 2.05) is 32.0 Å². The van der Waals surface area contributed by atoms with Gasteiger partial charge in [0.1, 0.15) is 23.0 Å². The minimum absolute atomic E-state index is 0.224. The normalized spacial score (nSPS) is 10.3. The Bertz CT molecular complexity index is 987. The Morgan fingerprint density at radius 2 is 1.75 bits per heavy atom. The van der Waals surface area contributed by atoms with Crippen molar-refractivity contribution in [3.63, 3.8) is 0 Å². The smallest absolute Gasteiger partial charge is 0.275 e. The highest BCUT2D eigenvalue weighted by atomic mass is 16.5. The van der Waals surface area contributed by atoms with Crippen LogP contribution in [0.2, 0.25) is 0 Å². The van der Waals surface area contributed by atoms with Gasteiger partial charge in [0, 0.05) is 11.8 Å². The summed E-state index contributed by atoms with van der Waals surface area (Å²) in [6.45, 7) is 4.02. The lowest BCUT2D eigenvalue weighted by Crippen LogP contribution is -2.14. The van der Waals surface area contributed by atoms with Crippen LogP contribution in [-0.2, 0) is 0 Å². The van der Waals surface area contributed by atoms with Crippen LogP contribution in [0.3, 0.4) is 0 Å². The van der Waals surface area contributed by atoms with Gasteiger partial charge in [0.2, 0.25) is 0 Å². The third-order valence-corrected chi connectivity index (χ3v) is 4.32. The summed E-state index contributed by atoms with van der Waals surface area (Å²) < 4.78 is 10.6. The molecule has 0 aliphatic rings. The molecule has 7 heteroatoms. The summed E-state index contributed by atoms with van der Waals surface area (Å²) in [6.07, 6.45) is 2.92. The molecule has 2 N–H and O–H groups in total. The van der Waals surface area contributed by atoms with Crippen molar-refractivity contribution in [2.45, 2.75) is 13.8 Å². The number of amides is 1. The van der Waals surface area contributed by atoms with Crippen LogP contribution in [0.1, 0.15) is 21.6 Å². The highest BCUT2D eigenvalue weighted by Gasteiger charge is 2.11. The van der Waals surface area contributed by atoms with E-state index in [4.69, 9.17) is 9.47 Å². The number of hydrogen-bond acceptors (Lipinski definition) is 6. The van der Waals surface area contributed by atoms with Crippen LogP contribution < -0.4 is 20.1 Å². The minimum Gasteiger partial charge on any atom is -0.497 e. The number of aromatic nitrogens is 2. The quantitative estimate of drug-likeness (QED) is 0.671.